The predicted molar refractivity (Wildman–Crippen MR) is 93.9 cm³/mol. The van der Waals surface area contributed by atoms with Crippen LogP contribution in [-0.2, 0) is 10.0 Å². The molecule has 2 aromatic rings. The Bertz CT molecular complexity index is 821. The zero-order valence-corrected chi connectivity index (χ0v) is 14.5. The molecule has 2 N–H and O–H groups in total. The predicted octanol–water partition coefficient (Wildman–Crippen LogP) is 4.01. The molecule has 0 radical (unpaired) electrons. The van der Waals surface area contributed by atoms with Crippen LogP contribution in [0.4, 0.5) is 11.4 Å². The lowest BCUT2D eigenvalue weighted by atomic mass is 10.2. The minimum atomic E-state index is -3.33. The highest BCUT2D eigenvalue weighted by molar-refractivity contribution is 7.92. The fourth-order valence-corrected chi connectivity index (χ4v) is 2.88. The van der Waals surface area contributed by atoms with Crippen molar-refractivity contribution in [3.63, 3.8) is 0 Å². The van der Waals surface area contributed by atoms with Crippen molar-refractivity contribution in [2.45, 2.75) is 6.92 Å². The molecule has 0 aliphatic rings. The van der Waals surface area contributed by atoms with Crippen LogP contribution >= 0.6 is 23.2 Å². The Kier molecular flexibility index (Phi) is 5.51. The van der Waals surface area contributed by atoms with E-state index in [4.69, 9.17) is 23.2 Å². The molecule has 0 atom stereocenters. The maximum absolute atomic E-state index is 12.2. The van der Waals surface area contributed by atoms with Gasteiger partial charge in [-0.25, -0.2) is 8.42 Å². The Morgan fingerprint density at radius 1 is 1.04 bits per heavy atom. The average Bonchev–Trinajstić information content (AvgIpc) is 2.49. The fourth-order valence-electron chi connectivity index (χ4n) is 1.75. The molecule has 0 saturated carbocycles. The molecule has 5 nitrogen and oxygen atoms in total. The summed E-state index contributed by atoms with van der Waals surface area (Å²) < 4.78 is 25.4. The number of rotatable bonds is 5. The van der Waals surface area contributed by atoms with E-state index >= 15 is 0 Å². The van der Waals surface area contributed by atoms with E-state index in [-0.39, 0.29) is 16.7 Å². The van der Waals surface area contributed by atoms with Crippen molar-refractivity contribution < 1.29 is 13.2 Å². The van der Waals surface area contributed by atoms with Crippen molar-refractivity contribution in [1.29, 1.82) is 0 Å². The minimum Gasteiger partial charge on any atom is -0.322 e. The molecular weight excluding hydrogens is 359 g/mol. The molecule has 2 aromatic carbocycles. The van der Waals surface area contributed by atoms with Gasteiger partial charge >= 0.3 is 0 Å². The third kappa shape index (κ3) is 4.86. The summed E-state index contributed by atoms with van der Waals surface area (Å²) in [6.07, 6.45) is 0. The first-order valence-corrected chi connectivity index (χ1v) is 9.08. The Morgan fingerprint density at radius 2 is 1.65 bits per heavy atom. The fraction of sp³-hybridized carbons (Fsp3) is 0.133. The van der Waals surface area contributed by atoms with Gasteiger partial charge in [0.1, 0.15) is 0 Å². The number of benzene rings is 2. The second kappa shape index (κ2) is 7.21. The summed E-state index contributed by atoms with van der Waals surface area (Å²) in [4.78, 5) is 12.2. The van der Waals surface area contributed by atoms with Gasteiger partial charge in [-0.05, 0) is 49.4 Å². The first-order chi connectivity index (χ1) is 10.8. The third-order valence-electron chi connectivity index (χ3n) is 2.97. The smallest absolute Gasteiger partial charge is 0.257 e. The summed E-state index contributed by atoms with van der Waals surface area (Å²) >= 11 is 11.8. The summed E-state index contributed by atoms with van der Waals surface area (Å²) in [5, 5.41) is 3.37. The van der Waals surface area contributed by atoms with Crippen molar-refractivity contribution in [3.8, 4) is 0 Å². The molecule has 0 unspecified atom stereocenters. The maximum Gasteiger partial charge on any atom is 0.257 e. The van der Waals surface area contributed by atoms with E-state index in [0.717, 1.165) is 0 Å². The van der Waals surface area contributed by atoms with Crippen molar-refractivity contribution in [3.05, 3.63) is 58.1 Å². The van der Waals surface area contributed by atoms with Crippen LogP contribution in [0, 0.1) is 0 Å². The number of hydrogen-bond donors (Lipinski definition) is 2. The molecule has 0 heterocycles. The third-order valence-corrected chi connectivity index (χ3v) is 4.83. The van der Waals surface area contributed by atoms with Gasteiger partial charge in [0.2, 0.25) is 10.0 Å². The number of anilines is 2. The Labute approximate surface area is 144 Å². The summed E-state index contributed by atoms with van der Waals surface area (Å²) in [6, 6.07) is 10.9. The van der Waals surface area contributed by atoms with E-state index in [0.29, 0.717) is 22.0 Å². The van der Waals surface area contributed by atoms with E-state index in [1.54, 1.807) is 37.3 Å². The van der Waals surface area contributed by atoms with E-state index in [1.807, 2.05) is 0 Å². The lowest BCUT2D eigenvalue weighted by molar-refractivity contribution is 0.102. The number of carbonyl (C=O) groups excluding carboxylic acids is 1. The van der Waals surface area contributed by atoms with E-state index in [9.17, 15) is 13.2 Å². The molecule has 0 aliphatic heterocycles. The molecule has 0 saturated heterocycles. The minimum absolute atomic E-state index is 0.0133. The van der Waals surface area contributed by atoms with Crippen LogP contribution in [0.5, 0.6) is 0 Å². The monoisotopic (exact) mass is 372 g/mol. The number of carbonyl (C=O) groups is 1. The SMILES string of the molecule is CCS(=O)(=O)Nc1ccc(NC(=O)c2ccc(Cl)cc2Cl)cc1. The highest BCUT2D eigenvalue weighted by Crippen LogP contribution is 2.22. The van der Waals surface area contributed by atoms with Crippen LogP contribution in [0.1, 0.15) is 17.3 Å². The van der Waals surface area contributed by atoms with Gasteiger partial charge in [0, 0.05) is 16.4 Å². The molecule has 0 aliphatic carbocycles. The quantitative estimate of drug-likeness (QED) is 0.832. The molecule has 1 amide bonds. The average molecular weight is 373 g/mol. The van der Waals surface area contributed by atoms with Crippen LogP contribution in [0.15, 0.2) is 42.5 Å². The standard InChI is InChI=1S/C15H14Cl2N2O3S/c1-2-23(21,22)19-12-6-4-11(5-7-12)18-15(20)13-8-3-10(16)9-14(13)17/h3-9,19H,2H2,1H3,(H,18,20). The van der Waals surface area contributed by atoms with Gasteiger partial charge < -0.3 is 5.32 Å². The number of nitrogens with one attached hydrogen (secondary N) is 2. The van der Waals surface area contributed by atoms with Gasteiger partial charge in [-0.2, -0.15) is 0 Å². The maximum atomic E-state index is 12.2. The first-order valence-electron chi connectivity index (χ1n) is 6.67. The van der Waals surface area contributed by atoms with E-state index < -0.39 is 10.0 Å². The van der Waals surface area contributed by atoms with Gasteiger partial charge in [0.15, 0.2) is 0 Å². The molecular formula is C15H14Cl2N2O3S. The van der Waals surface area contributed by atoms with Gasteiger partial charge in [-0.15, -0.1) is 0 Å². The first kappa shape index (κ1) is 17.6. The normalized spacial score (nSPS) is 11.1. The lowest BCUT2D eigenvalue weighted by Gasteiger charge is -2.09. The highest BCUT2D eigenvalue weighted by Gasteiger charge is 2.11. The Balaban J connectivity index is 2.10. The van der Waals surface area contributed by atoms with Gasteiger partial charge in [-0.3, -0.25) is 9.52 Å². The summed E-state index contributed by atoms with van der Waals surface area (Å²) in [5.41, 5.74) is 1.24. The second-order valence-electron chi connectivity index (χ2n) is 4.66. The molecule has 23 heavy (non-hydrogen) atoms. The number of amides is 1. The van der Waals surface area contributed by atoms with Crippen LogP contribution in [0.25, 0.3) is 0 Å². The van der Waals surface area contributed by atoms with E-state index in [1.165, 1.54) is 12.1 Å². The van der Waals surface area contributed by atoms with Crippen LogP contribution in [0.3, 0.4) is 0 Å². The van der Waals surface area contributed by atoms with Crippen molar-refractivity contribution in [2.24, 2.45) is 0 Å². The number of hydrogen-bond acceptors (Lipinski definition) is 3. The van der Waals surface area contributed by atoms with E-state index in [2.05, 4.69) is 10.0 Å². The topological polar surface area (TPSA) is 75.3 Å². The molecule has 0 aromatic heterocycles. The molecule has 0 spiro atoms. The zero-order chi connectivity index (χ0) is 17.0. The van der Waals surface area contributed by atoms with Gasteiger partial charge in [0.05, 0.1) is 16.3 Å². The molecule has 122 valence electrons. The Morgan fingerprint density at radius 3 is 2.22 bits per heavy atom. The highest BCUT2D eigenvalue weighted by atomic mass is 35.5. The van der Waals surface area contributed by atoms with Gasteiger partial charge in [-0.1, -0.05) is 23.2 Å². The summed E-state index contributed by atoms with van der Waals surface area (Å²) in [7, 11) is -3.33. The lowest BCUT2D eigenvalue weighted by Crippen LogP contribution is -2.15. The van der Waals surface area contributed by atoms with Crippen molar-refractivity contribution >= 4 is 50.5 Å². The van der Waals surface area contributed by atoms with Crippen LogP contribution in [-0.4, -0.2) is 20.1 Å². The zero-order valence-electron chi connectivity index (χ0n) is 12.1. The molecule has 2 rings (SSSR count). The number of sulfonamides is 1. The molecule has 8 heteroatoms. The summed E-state index contributed by atoms with van der Waals surface area (Å²) in [5.74, 6) is -0.394. The van der Waals surface area contributed by atoms with Crippen molar-refractivity contribution in [1.82, 2.24) is 0 Å². The number of halogens is 2. The summed E-state index contributed by atoms with van der Waals surface area (Å²) in [6.45, 7) is 1.55. The van der Waals surface area contributed by atoms with Crippen LogP contribution < -0.4 is 10.0 Å². The largest absolute Gasteiger partial charge is 0.322 e. The van der Waals surface area contributed by atoms with Crippen molar-refractivity contribution in [2.75, 3.05) is 15.8 Å². The second-order valence-corrected chi connectivity index (χ2v) is 7.52. The van der Waals surface area contributed by atoms with Crippen LogP contribution in [0.2, 0.25) is 10.0 Å². The Hall–Kier alpha value is -1.76. The molecule has 0 fully saturated rings. The molecule has 0 bridgehead atoms. The van der Waals surface area contributed by atoms with Gasteiger partial charge in [0.25, 0.3) is 5.91 Å².